The molecule has 1 N–H and O–H groups in total. The lowest BCUT2D eigenvalue weighted by Gasteiger charge is -2.35. The minimum atomic E-state index is -2.55. The first-order valence-electron chi connectivity index (χ1n) is 8.72. The van der Waals surface area contributed by atoms with Crippen LogP contribution in [0.4, 0.5) is 14.7 Å². The van der Waals surface area contributed by atoms with Crippen molar-refractivity contribution in [2.45, 2.75) is 37.6 Å². The molecule has 26 heavy (non-hydrogen) atoms. The summed E-state index contributed by atoms with van der Waals surface area (Å²) >= 11 is 0. The Morgan fingerprint density at radius 3 is 2.96 bits per heavy atom. The number of nitrogens with one attached hydrogen (secondary N) is 1. The topological polar surface area (TPSA) is 55.1 Å². The van der Waals surface area contributed by atoms with Crippen molar-refractivity contribution >= 4 is 17.0 Å². The number of halogens is 2. The number of rotatable bonds is 3. The summed E-state index contributed by atoms with van der Waals surface area (Å²) in [7, 11) is 0. The number of allylic oxidation sites excluding steroid dienone is 1. The fourth-order valence-corrected chi connectivity index (χ4v) is 3.67. The molecule has 0 saturated heterocycles. The highest BCUT2D eigenvalue weighted by molar-refractivity contribution is 5.83. The third-order valence-corrected chi connectivity index (χ3v) is 5.02. The van der Waals surface area contributed by atoms with Gasteiger partial charge in [0.25, 0.3) is 5.92 Å². The lowest BCUT2D eigenvalue weighted by atomic mass is 9.88. The van der Waals surface area contributed by atoms with E-state index in [1.807, 2.05) is 22.8 Å². The van der Waals surface area contributed by atoms with E-state index in [2.05, 4.69) is 32.5 Å². The van der Waals surface area contributed by atoms with Gasteiger partial charge in [-0.2, -0.15) is 5.10 Å². The lowest BCUT2D eigenvalue weighted by Crippen LogP contribution is -2.44. The first-order chi connectivity index (χ1) is 12.6. The zero-order valence-electron chi connectivity index (χ0n) is 14.0. The highest BCUT2D eigenvalue weighted by Crippen LogP contribution is 2.39. The normalized spacial score (nSPS) is 18.9. The highest BCUT2D eigenvalue weighted by Gasteiger charge is 2.45. The zero-order valence-corrected chi connectivity index (χ0v) is 14.0. The van der Waals surface area contributed by atoms with Crippen LogP contribution >= 0.6 is 0 Å². The van der Waals surface area contributed by atoms with Gasteiger partial charge in [0.05, 0.1) is 11.2 Å². The number of alkyl halides is 2. The van der Waals surface area contributed by atoms with Crippen molar-refractivity contribution in [3.8, 4) is 0 Å². The molecule has 0 radical (unpaired) electrons. The Bertz CT molecular complexity index is 1020. The third-order valence-electron chi connectivity index (χ3n) is 5.02. The summed E-state index contributed by atoms with van der Waals surface area (Å²) in [6.07, 6.45) is 9.13. The maximum Gasteiger partial charge on any atom is 0.252 e. The average molecular weight is 353 g/mol. The fourth-order valence-electron chi connectivity index (χ4n) is 3.67. The molecule has 0 unspecified atom stereocenters. The molecule has 3 aromatic heterocycles. The van der Waals surface area contributed by atoms with Crippen molar-refractivity contribution in [1.29, 1.82) is 0 Å². The number of hydrogen-bond acceptors (Lipinski definition) is 4. The third kappa shape index (κ3) is 2.64. The Hall–Kier alpha value is -2.83. The van der Waals surface area contributed by atoms with Gasteiger partial charge in [-0.1, -0.05) is 6.08 Å². The molecule has 0 amide bonds. The number of hydrogen-bond donors (Lipinski definition) is 1. The summed E-state index contributed by atoms with van der Waals surface area (Å²) < 4.78 is 27.8. The molecular formula is C19H17F2N5. The van der Waals surface area contributed by atoms with E-state index in [4.69, 9.17) is 0 Å². The second-order valence-electron chi connectivity index (χ2n) is 6.93. The van der Waals surface area contributed by atoms with Crippen LogP contribution in [0.25, 0.3) is 11.1 Å². The second-order valence-corrected chi connectivity index (χ2v) is 6.93. The minimum absolute atomic E-state index is 0.149. The zero-order chi connectivity index (χ0) is 17.7. The molecule has 0 bridgehead atoms. The Morgan fingerprint density at radius 1 is 1.23 bits per heavy atom. The van der Waals surface area contributed by atoms with Crippen LogP contribution in [0.3, 0.4) is 0 Å². The summed E-state index contributed by atoms with van der Waals surface area (Å²) in [6.45, 7) is 0. The molecule has 7 heteroatoms. The van der Waals surface area contributed by atoms with Gasteiger partial charge in [-0.15, -0.1) is 0 Å². The largest absolute Gasteiger partial charge is 0.351 e. The molecule has 132 valence electrons. The Balaban J connectivity index is 1.43. The molecule has 2 aliphatic rings. The Labute approximate surface area is 148 Å². The SMILES string of the molecule is FC1(F)CC(Nc2ncc3c(n2)CCC=C3c2ccn3nccc3c2)C1. The highest BCUT2D eigenvalue weighted by atomic mass is 19.3. The van der Waals surface area contributed by atoms with Crippen LogP contribution in [0.15, 0.2) is 42.9 Å². The van der Waals surface area contributed by atoms with E-state index in [0.29, 0.717) is 5.95 Å². The van der Waals surface area contributed by atoms with Crippen LogP contribution in [0.2, 0.25) is 0 Å². The molecule has 3 heterocycles. The van der Waals surface area contributed by atoms with Gasteiger partial charge in [-0.25, -0.2) is 23.3 Å². The van der Waals surface area contributed by atoms with Gasteiger partial charge < -0.3 is 5.32 Å². The summed E-state index contributed by atoms with van der Waals surface area (Å²) in [4.78, 5) is 8.95. The molecule has 5 nitrogen and oxygen atoms in total. The van der Waals surface area contributed by atoms with Crippen molar-refractivity contribution in [1.82, 2.24) is 19.6 Å². The molecular weight excluding hydrogens is 336 g/mol. The number of pyridine rings is 1. The van der Waals surface area contributed by atoms with Crippen molar-refractivity contribution in [2.24, 2.45) is 0 Å². The maximum absolute atomic E-state index is 13.0. The van der Waals surface area contributed by atoms with Crippen molar-refractivity contribution in [2.75, 3.05) is 5.32 Å². The molecule has 0 aliphatic heterocycles. The van der Waals surface area contributed by atoms with Gasteiger partial charge in [0.15, 0.2) is 0 Å². The number of nitrogens with zero attached hydrogens (tertiary/aromatic N) is 4. The molecule has 0 spiro atoms. The van der Waals surface area contributed by atoms with Crippen LogP contribution < -0.4 is 5.32 Å². The summed E-state index contributed by atoms with van der Waals surface area (Å²) in [5.41, 5.74) is 5.20. The lowest BCUT2D eigenvalue weighted by molar-refractivity contribution is -0.0794. The van der Waals surface area contributed by atoms with E-state index in [1.54, 1.807) is 12.4 Å². The van der Waals surface area contributed by atoms with Gasteiger partial charge in [0.1, 0.15) is 0 Å². The number of fused-ring (bicyclic) bond motifs is 2. The number of aryl methyl sites for hydroxylation is 1. The van der Waals surface area contributed by atoms with E-state index >= 15 is 0 Å². The molecule has 1 fully saturated rings. The number of anilines is 1. The monoisotopic (exact) mass is 353 g/mol. The Kier molecular flexibility index (Phi) is 3.32. The molecule has 1 saturated carbocycles. The summed E-state index contributed by atoms with van der Waals surface area (Å²) in [5.74, 6) is -2.11. The minimum Gasteiger partial charge on any atom is -0.351 e. The van der Waals surface area contributed by atoms with Crippen LogP contribution in [-0.4, -0.2) is 31.5 Å². The predicted molar refractivity (Wildman–Crippen MR) is 94.2 cm³/mol. The average Bonchev–Trinajstić information content (AvgIpc) is 3.07. The maximum atomic E-state index is 13.0. The van der Waals surface area contributed by atoms with Gasteiger partial charge in [-0.3, -0.25) is 0 Å². The fraction of sp³-hybridized carbons (Fsp3) is 0.316. The molecule has 0 aromatic carbocycles. The van der Waals surface area contributed by atoms with E-state index in [-0.39, 0.29) is 18.9 Å². The van der Waals surface area contributed by atoms with Gasteiger partial charge in [0, 0.05) is 43.0 Å². The van der Waals surface area contributed by atoms with Crippen molar-refractivity contribution in [3.63, 3.8) is 0 Å². The van der Waals surface area contributed by atoms with Gasteiger partial charge in [0.2, 0.25) is 5.95 Å². The van der Waals surface area contributed by atoms with Crippen LogP contribution in [0.1, 0.15) is 36.1 Å². The van der Waals surface area contributed by atoms with E-state index in [9.17, 15) is 8.78 Å². The first-order valence-corrected chi connectivity index (χ1v) is 8.72. The predicted octanol–water partition coefficient (Wildman–Crippen LogP) is 3.71. The second kappa shape index (κ2) is 5.59. The van der Waals surface area contributed by atoms with E-state index in [0.717, 1.165) is 40.8 Å². The van der Waals surface area contributed by atoms with Crippen LogP contribution in [-0.2, 0) is 6.42 Å². The molecule has 0 atom stereocenters. The van der Waals surface area contributed by atoms with Gasteiger partial charge in [-0.05, 0) is 42.2 Å². The van der Waals surface area contributed by atoms with Gasteiger partial charge >= 0.3 is 0 Å². The molecule has 3 aromatic rings. The molecule has 2 aliphatic carbocycles. The standard InChI is InChI=1S/C19H17F2N5/c20-19(21)9-13(10-19)24-18-22-11-16-15(2-1-3-17(16)25-18)12-5-7-26-14(8-12)4-6-23-26/h2,4-8,11,13H,1,3,9-10H2,(H,22,24,25). The van der Waals surface area contributed by atoms with E-state index in [1.165, 1.54) is 0 Å². The van der Waals surface area contributed by atoms with E-state index < -0.39 is 5.92 Å². The van der Waals surface area contributed by atoms with Crippen molar-refractivity contribution in [3.05, 3.63) is 59.7 Å². The first kappa shape index (κ1) is 15.4. The summed E-state index contributed by atoms with van der Waals surface area (Å²) in [6, 6.07) is 5.84. The summed E-state index contributed by atoms with van der Waals surface area (Å²) in [5, 5.41) is 7.25. The molecule has 5 rings (SSSR count). The van der Waals surface area contributed by atoms with Crippen molar-refractivity contribution < 1.29 is 8.78 Å². The Morgan fingerprint density at radius 2 is 2.12 bits per heavy atom. The van der Waals surface area contributed by atoms with Crippen LogP contribution in [0, 0.1) is 0 Å². The number of aromatic nitrogens is 4. The van der Waals surface area contributed by atoms with Crippen LogP contribution in [0.5, 0.6) is 0 Å². The quantitative estimate of drug-likeness (QED) is 0.780. The smallest absolute Gasteiger partial charge is 0.252 e.